The van der Waals surface area contributed by atoms with E-state index in [9.17, 15) is 20.0 Å². The van der Waals surface area contributed by atoms with Crippen molar-refractivity contribution in [2.24, 2.45) is 4.99 Å². The molecule has 1 N–H and O–H groups in total. The summed E-state index contributed by atoms with van der Waals surface area (Å²) in [6.07, 6.45) is 1.62. The fourth-order valence-electron chi connectivity index (χ4n) is 3.63. The highest BCUT2D eigenvalue weighted by atomic mass is 16.6. The molecule has 166 valence electrons. The zero-order valence-corrected chi connectivity index (χ0v) is 18.3. The van der Waals surface area contributed by atoms with Crippen LogP contribution in [-0.4, -0.2) is 45.3 Å². The maximum absolute atomic E-state index is 12.4. The Bertz CT molecular complexity index is 1390. The molecule has 9 nitrogen and oxygen atoms in total. The predicted molar refractivity (Wildman–Crippen MR) is 127 cm³/mol. The van der Waals surface area contributed by atoms with Crippen molar-refractivity contribution < 1.29 is 14.8 Å². The summed E-state index contributed by atoms with van der Waals surface area (Å²) in [5.41, 5.74) is 2.00. The Kier molecular flexibility index (Phi) is 5.61. The number of pyridine rings is 1. The number of fused-ring (bicyclic) bond motifs is 1. The van der Waals surface area contributed by atoms with Crippen LogP contribution >= 0.6 is 0 Å². The van der Waals surface area contributed by atoms with Crippen LogP contribution in [0.3, 0.4) is 0 Å². The van der Waals surface area contributed by atoms with Gasteiger partial charge in [0.2, 0.25) is 11.8 Å². The third kappa shape index (κ3) is 4.03. The van der Waals surface area contributed by atoms with Gasteiger partial charge >= 0.3 is 0 Å². The minimum Gasteiger partial charge on any atom is -0.494 e. The van der Waals surface area contributed by atoms with Gasteiger partial charge in [0.05, 0.1) is 33.6 Å². The van der Waals surface area contributed by atoms with E-state index in [1.807, 2.05) is 55.4 Å². The zero-order valence-electron chi connectivity index (χ0n) is 18.3. The van der Waals surface area contributed by atoms with Crippen LogP contribution < -0.4 is 4.90 Å². The molecule has 0 fully saturated rings. The molecule has 0 spiro atoms. The number of benzene rings is 2. The second kappa shape index (κ2) is 8.54. The second-order valence-corrected chi connectivity index (χ2v) is 7.61. The van der Waals surface area contributed by atoms with Crippen molar-refractivity contribution in [3.63, 3.8) is 0 Å². The maximum atomic E-state index is 12.4. The number of rotatable bonds is 5. The van der Waals surface area contributed by atoms with Gasteiger partial charge in [0.1, 0.15) is 5.82 Å². The lowest BCUT2D eigenvalue weighted by Crippen LogP contribution is -2.10. The minimum atomic E-state index is -0.544. The van der Waals surface area contributed by atoms with E-state index in [0.29, 0.717) is 27.9 Å². The molecule has 0 saturated carbocycles. The van der Waals surface area contributed by atoms with Gasteiger partial charge in [0.25, 0.3) is 5.69 Å². The number of aromatic hydroxyl groups is 1. The molecule has 0 atom stereocenters. The highest BCUT2D eigenvalue weighted by molar-refractivity contribution is 6.23. The Morgan fingerprint density at radius 3 is 2.42 bits per heavy atom. The molecule has 2 aromatic heterocycles. The van der Waals surface area contributed by atoms with Crippen molar-refractivity contribution >= 4 is 39.7 Å². The summed E-state index contributed by atoms with van der Waals surface area (Å²) in [7, 11) is 3.77. The largest absolute Gasteiger partial charge is 0.494 e. The number of nitro benzene ring substituents is 1. The van der Waals surface area contributed by atoms with Gasteiger partial charge in [-0.2, -0.15) is 0 Å². The number of aromatic nitrogens is 2. The van der Waals surface area contributed by atoms with E-state index < -0.39 is 10.8 Å². The number of hydrogen-bond acceptors (Lipinski definition) is 7. The van der Waals surface area contributed by atoms with Gasteiger partial charge in [-0.3, -0.25) is 14.9 Å². The topological polar surface area (TPSA) is 114 Å². The van der Waals surface area contributed by atoms with E-state index in [2.05, 4.69) is 4.98 Å². The first-order valence-corrected chi connectivity index (χ1v) is 10.1. The van der Waals surface area contributed by atoms with Gasteiger partial charge in [0.15, 0.2) is 0 Å². The molecule has 4 rings (SSSR count). The van der Waals surface area contributed by atoms with Gasteiger partial charge in [0, 0.05) is 44.1 Å². The van der Waals surface area contributed by atoms with Crippen LogP contribution in [-0.2, 0) is 0 Å². The Hall–Kier alpha value is -4.53. The van der Waals surface area contributed by atoms with Crippen LogP contribution in [0.2, 0.25) is 0 Å². The average Bonchev–Trinajstić information content (AvgIpc) is 3.09. The van der Waals surface area contributed by atoms with E-state index in [1.54, 1.807) is 12.3 Å². The third-order valence-corrected chi connectivity index (χ3v) is 5.17. The summed E-state index contributed by atoms with van der Waals surface area (Å²) >= 11 is 0. The van der Waals surface area contributed by atoms with Crippen molar-refractivity contribution in [1.82, 2.24) is 9.55 Å². The first kappa shape index (κ1) is 21.7. The van der Waals surface area contributed by atoms with Gasteiger partial charge in [-0.25, -0.2) is 14.5 Å². The smallest absolute Gasteiger partial charge is 0.271 e. The summed E-state index contributed by atoms with van der Waals surface area (Å²) in [4.78, 5) is 34.1. The molecule has 0 aliphatic heterocycles. The lowest BCUT2D eigenvalue weighted by molar-refractivity contribution is -0.384. The van der Waals surface area contributed by atoms with Crippen LogP contribution in [0.25, 0.3) is 10.9 Å². The summed E-state index contributed by atoms with van der Waals surface area (Å²) in [6, 6.07) is 17.0. The first-order chi connectivity index (χ1) is 15.8. The lowest BCUT2D eigenvalue weighted by Gasteiger charge is -2.11. The molecule has 33 heavy (non-hydrogen) atoms. The molecule has 9 heteroatoms. The van der Waals surface area contributed by atoms with E-state index in [0.717, 1.165) is 10.4 Å². The van der Waals surface area contributed by atoms with Gasteiger partial charge < -0.3 is 10.0 Å². The van der Waals surface area contributed by atoms with Crippen molar-refractivity contribution in [2.45, 2.75) is 6.92 Å². The summed E-state index contributed by atoms with van der Waals surface area (Å²) in [6.45, 7) is 1.28. The van der Waals surface area contributed by atoms with Crippen LogP contribution in [0.1, 0.15) is 22.8 Å². The fourth-order valence-corrected chi connectivity index (χ4v) is 3.63. The van der Waals surface area contributed by atoms with Crippen LogP contribution in [0.15, 0.2) is 71.9 Å². The number of non-ortho nitro benzene ring substituents is 1. The monoisotopic (exact) mass is 443 g/mol. The lowest BCUT2D eigenvalue weighted by atomic mass is 10.0. The Morgan fingerprint density at radius 2 is 1.85 bits per heavy atom. The van der Waals surface area contributed by atoms with E-state index in [-0.39, 0.29) is 17.1 Å². The molecule has 4 aromatic rings. The SMILES string of the molecule is CC(=O)n1c(O)c(C(=Nc2ccc(N(C)C)nc2)c2ccccc2)c2ccc([N+](=O)[O-])cc21. The standard InChI is InChI=1S/C24H21N5O4/c1-15(30)28-20-13-18(29(32)33)10-11-19(20)22(24(28)31)23(16-7-5-4-6-8-16)26-17-9-12-21(25-14-17)27(2)3/h4-14,31H,1-3H3. The molecule has 0 radical (unpaired) electrons. The van der Waals surface area contributed by atoms with E-state index in [1.165, 1.54) is 25.1 Å². The molecule has 0 amide bonds. The van der Waals surface area contributed by atoms with Gasteiger partial charge in [-0.05, 0) is 18.2 Å². The molecular weight excluding hydrogens is 422 g/mol. The highest BCUT2D eigenvalue weighted by Gasteiger charge is 2.25. The number of nitro groups is 1. The second-order valence-electron chi connectivity index (χ2n) is 7.61. The van der Waals surface area contributed by atoms with Crippen molar-refractivity contribution in [1.29, 1.82) is 0 Å². The first-order valence-electron chi connectivity index (χ1n) is 10.1. The molecular formula is C24H21N5O4. The van der Waals surface area contributed by atoms with Crippen molar-refractivity contribution in [3.8, 4) is 5.88 Å². The Labute approximate surface area is 189 Å². The molecule has 2 aromatic carbocycles. The number of anilines is 1. The average molecular weight is 443 g/mol. The summed E-state index contributed by atoms with van der Waals surface area (Å²) in [5, 5.41) is 22.9. The van der Waals surface area contributed by atoms with Crippen molar-refractivity contribution in [3.05, 3.63) is 88.1 Å². The predicted octanol–water partition coefficient (Wildman–Crippen LogP) is 4.55. The minimum absolute atomic E-state index is 0.185. The summed E-state index contributed by atoms with van der Waals surface area (Å²) < 4.78 is 1.06. The van der Waals surface area contributed by atoms with Crippen molar-refractivity contribution in [2.75, 3.05) is 19.0 Å². The summed E-state index contributed by atoms with van der Waals surface area (Å²) in [5.74, 6) is -0.0503. The number of carbonyl (C=O) groups is 1. The molecule has 2 heterocycles. The number of hydrogen-bond donors (Lipinski definition) is 1. The normalized spacial score (nSPS) is 11.5. The van der Waals surface area contributed by atoms with Crippen LogP contribution in [0.4, 0.5) is 17.2 Å². The molecule has 0 bridgehead atoms. The van der Waals surface area contributed by atoms with E-state index in [4.69, 9.17) is 4.99 Å². The van der Waals surface area contributed by atoms with Gasteiger partial charge in [-0.1, -0.05) is 30.3 Å². The fraction of sp³-hybridized carbons (Fsp3) is 0.125. The molecule has 0 aliphatic rings. The Balaban J connectivity index is 2.02. The van der Waals surface area contributed by atoms with E-state index >= 15 is 0 Å². The molecule has 0 saturated heterocycles. The number of carbonyl (C=O) groups excluding carboxylic acids is 1. The molecule has 0 aliphatic carbocycles. The van der Waals surface area contributed by atoms with Crippen LogP contribution in [0.5, 0.6) is 5.88 Å². The van der Waals surface area contributed by atoms with Crippen LogP contribution in [0, 0.1) is 10.1 Å². The van der Waals surface area contributed by atoms with Gasteiger partial charge in [-0.15, -0.1) is 0 Å². The quantitative estimate of drug-likeness (QED) is 0.275. The maximum Gasteiger partial charge on any atom is 0.271 e. The number of aliphatic imine (C=N–C) groups is 1. The number of nitrogens with zero attached hydrogens (tertiary/aromatic N) is 5. The molecule has 0 unspecified atom stereocenters. The Morgan fingerprint density at radius 1 is 1.12 bits per heavy atom. The highest BCUT2D eigenvalue weighted by Crippen LogP contribution is 2.36. The zero-order chi connectivity index (χ0) is 23.7. The third-order valence-electron chi connectivity index (χ3n) is 5.17.